The number of halogens is 4. The third kappa shape index (κ3) is 4.77. The van der Waals surface area contributed by atoms with E-state index in [4.69, 9.17) is 9.47 Å². The van der Waals surface area contributed by atoms with E-state index in [1.165, 1.54) is 38.5 Å². The van der Waals surface area contributed by atoms with Gasteiger partial charge in [0.15, 0.2) is 0 Å². The van der Waals surface area contributed by atoms with E-state index in [-0.39, 0.29) is 22.5 Å². The Hall–Kier alpha value is -4.08. The Bertz CT molecular complexity index is 1310. The molecule has 0 aliphatic carbocycles. The van der Waals surface area contributed by atoms with Gasteiger partial charge in [-0.15, -0.1) is 0 Å². The summed E-state index contributed by atoms with van der Waals surface area (Å²) in [5.41, 5.74) is 0.256. The van der Waals surface area contributed by atoms with E-state index in [1.54, 1.807) is 12.1 Å². The van der Waals surface area contributed by atoms with E-state index in [1.807, 2.05) is 13.8 Å². The van der Waals surface area contributed by atoms with Gasteiger partial charge >= 0.3 is 0 Å². The Balaban J connectivity index is 1.87. The molecule has 0 bridgehead atoms. The summed E-state index contributed by atoms with van der Waals surface area (Å²) in [5.74, 6) is -3.20. The molecule has 35 heavy (non-hydrogen) atoms. The van der Waals surface area contributed by atoms with E-state index >= 15 is 0 Å². The molecular formula is C25H20F4N4O2. The maximum atomic E-state index is 14.4. The molecule has 0 saturated carbocycles. The third-order valence-corrected chi connectivity index (χ3v) is 5.53. The first-order valence-corrected chi connectivity index (χ1v) is 10.4. The highest BCUT2D eigenvalue weighted by molar-refractivity contribution is 5.63. The Morgan fingerprint density at radius 3 is 1.34 bits per heavy atom. The fourth-order valence-electron chi connectivity index (χ4n) is 3.50. The van der Waals surface area contributed by atoms with E-state index in [2.05, 4.69) is 19.9 Å². The molecule has 0 atom stereocenters. The topological polar surface area (TPSA) is 70.0 Å². The second-order valence-electron chi connectivity index (χ2n) is 8.12. The zero-order chi connectivity index (χ0) is 25.3. The summed E-state index contributed by atoms with van der Waals surface area (Å²) in [4.78, 5) is 15.6. The molecule has 0 aromatic carbocycles. The third-order valence-electron chi connectivity index (χ3n) is 5.53. The van der Waals surface area contributed by atoms with Crippen LogP contribution < -0.4 is 9.47 Å². The lowest BCUT2D eigenvalue weighted by Gasteiger charge is -2.26. The summed E-state index contributed by atoms with van der Waals surface area (Å²) >= 11 is 0. The number of rotatable bonds is 6. The zero-order valence-electron chi connectivity index (χ0n) is 19.2. The van der Waals surface area contributed by atoms with Crippen LogP contribution in [0, 0.1) is 23.8 Å². The SMILES string of the molecule is COc1cc(-c2ccc(F)nc2F)nc(C(C)(C)c2cc(OC)cc(-c3ccc(F)nc3F)n2)c1. The van der Waals surface area contributed by atoms with Crippen molar-refractivity contribution in [3.8, 4) is 34.0 Å². The van der Waals surface area contributed by atoms with Gasteiger partial charge < -0.3 is 9.47 Å². The normalized spacial score (nSPS) is 11.4. The van der Waals surface area contributed by atoms with Gasteiger partial charge in [0.1, 0.15) is 11.5 Å². The van der Waals surface area contributed by atoms with Gasteiger partial charge in [-0.05, 0) is 38.1 Å². The van der Waals surface area contributed by atoms with Crippen molar-refractivity contribution in [2.75, 3.05) is 14.2 Å². The molecule has 0 spiro atoms. The molecule has 0 radical (unpaired) electrons. The van der Waals surface area contributed by atoms with Crippen molar-refractivity contribution in [3.05, 3.63) is 83.7 Å². The number of pyridine rings is 4. The van der Waals surface area contributed by atoms with E-state index in [0.717, 1.165) is 12.1 Å². The first-order chi connectivity index (χ1) is 16.6. The lowest BCUT2D eigenvalue weighted by atomic mass is 9.84. The lowest BCUT2D eigenvalue weighted by molar-refractivity contribution is 0.409. The zero-order valence-corrected chi connectivity index (χ0v) is 19.2. The van der Waals surface area contributed by atoms with Crippen LogP contribution in [0.2, 0.25) is 0 Å². The van der Waals surface area contributed by atoms with Crippen molar-refractivity contribution in [2.24, 2.45) is 0 Å². The van der Waals surface area contributed by atoms with Gasteiger partial charge in [0.2, 0.25) is 23.8 Å². The number of nitrogens with zero attached hydrogens (tertiary/aromatic N) is 4. The van der Waals surface area contributed by atoms with Crippen molar-refractivity contribution >= 4 is 0 Å². The van der Waals surface area contributed by atoms with Gasteiger partial charge in [-0.2, -0.15) is 27.5 Å². The smallest absolute Gasteiger partial charge is 0.224 e. The van der Waals surface area contributed by atoms with E-state index < -0.39 is 29.2 Å². The van der Waals surface area contributed by atoms with Crippen molar-refractivity contribution in [1.82, 2.24) is 19.9 Å². The second-order valence-corrected chi connectivity index (χ2v) is 8.12. The molecule has 0 saturated heterocycles. The fourth-order valence-corrected chi connectivity index (χ4v) is 3.50. The summed E-state index contributed by atoms with van der Waals surface area (Å²) in [5, 5.41) is 0. The summed E-state index contributed by atoms with van der Waals surface area (Å²) in [6.45, 7) is 3.62. The predicted molar refractivity (Wildman–Crippen MR) is 120 cm³/mol. The van der Waals surface area contributed by atoms with Crippen LogP contribution in [0.15, 0.2) is 48.5 Å². The molecule has 0 unspecified atom stereocenters. The molecule has 4 aromatic rings. The fraction of sp³-hybridized carbons (Fsp3) is 0.200. The molecule has 4 aromatic heterocycles. The van der Waals surface area contributed by atoms with Crippen LogP contribution in [-0.2, 0) is 5.41 Å². The molecule has 0 fully saturated rings. The first kappa shape index (κ1) is 24.1. The number of aromatic nitrogens is 4. The highest BCUT2D eigenvalue weighted by Crippen LogP contribution is 2.37. The number of hydrogen-bond acceptors (Lipinski definition) is 6. The van der Waals surface area contributed by atoms with E-state index in [0.29, 0.717) is 22.9 Å². The molecule has 6 nitrogen and oxygen atoms in total. The van der Waals surface area contributed by atoms with Gasteiger partial charge in [-0.1, -0.05) is 0 Å². The van der Waals surface area contributed by atoms with Gasteiger partial charge in [0.05, 0.1) is 48.1 Å². The van der Waals surface area contributed by atoms with Gasteiger partial charge in [0.25, 0.3) is 0 Å². The minimum absolute atomic E-state index is 0.0129. The summed E-state index contributed by atoms with van der Waals surface area (Å²) in [6.07, 6.45) is 0. The predicted octanol–water partition coefficient (Wildman–Crippen LogP) is 5.50. The van der Waals surface area contributed by atoms with Crippen molar-refractivity contribution in [1.29, 1.82) is 0 Å². The van der Waals surface area contributed by atoms with Gasteiger partial charge in [0, 0.05) is 29.7 Å². The van der Waals surface area contributed by atoms with Crippen LogP contribution in [-0.4, -0.2) is 34.2 Å². The van der Waals surface area contributed by atoms with Crippen molar-refractivity contribution in [2.45, 2.75) is 19.3 Å². The minimum atomic E-state index is -1.02. The Kier molecular flexibility index (Phi) is 6.38. The average Bonchev–Trinajstić information content (AvgIpc) is 2.83. The quantitative estimate of drug-likeness (QED) is 0.266. The average molecular weight is 484 g/mol. The molecule has 4 heterocycles. The first-order valence-electron chi connectivity index (χ1n) is 10.4. The highest BCUT2D eigenvalue weighted by Gasteiger charge is 2.30. The van der Waals surface area contributed by atoms with Gasteiger partial charge in [-0.25, -0.2) is 0 Å². The molecule has 0 aliphatic heterocycles. The summed E-state index contributed by atoms with van der Waals surface area (Å²) in [7, 11) is 2.89. The maximum Gasteiger partial charge on any atom is 0.224 e. The molecule has 180 valence electrons. The van der Waals surface area contributed by atoms with Crippen LogP contribution in [0.1, 0.15) is 25.2 Å². The van der Waals surface area contributed by atoms with Crippen LogP contribution in [0.5, 0.6) is 11.5 Å². The molecule has 4 rings (SSSR count). The molecule has 10 heteroatoms. The number of hydrogen-bond donors (Lipinski definition) is 0. The summed E-state index contributed by atoms with van der Waals surface area (Å²) in [6, 6.07) is 10.9. The number of ether oxygens (including phenoxy) is 2. The molecular weight excluding hydrogens is 464 g/mol. The van der Waals surface area contributed by atoms with Crippen LogP contribution in [0.3, 0.4) is 0 Å². The van der Waals surface area contributed by atoms with Crippen LogP contribution >= 0.6 is 0 Å². The number of methoxy groups -OCH3 is 2. The van der Waals surface area contributed by atoms with Crippen LogP contribution in [0.4, 0.5) is 17.6 Å². The standard InChI is InChI=1S/C25H20F4N4O2/c1-25(2,19-11-13(34-3)9-17(30-19)15-5-7-21(26)32-23(15)28)20-12-14(35-4)10-18(31-20)16-6-8-22(27)33-24(16)29/h5-12H,1-4H3. The maximum absolute atomic E-state index is 14.4. The van der Waals surface area contributed by atoms with Crippen molar-refractivity contribution in [3.63, 3.8) is 0 Å². The highest BCUT2D eigenvalue weighted by atomic mass is 19.1. The molecule has 0 amide bonds. The molecule has 0 N–H and O–H groups in total. The Morgan fingerprint density at radius 2 is 1.00 bits per heavy atom. The molecule has 0 aliphatic rings. The summed E-state index contributed by atoms with van der Waals surface area (Å²) < 4.78 is 66.2. The monoisotopic (exact) mass is 484 g/mol. The Labute approximate surface area is 198 Å². The largest absolute Gasteiger partial charge is 0.497 e. The van der Waals surface area contributed by atoms with Crippen LogP contribution in [0.25, 0.3) is 22.5 Å². The Morgan fingerprint density at radius 1 is 0.600 bits per heavy atom. The lowest BCUT2D eigenvalue weighted by Crippen LogP contribution is -2.23. The van der Waals surface area contributed by atoms with Crippen molar-refractivity contribution < 1.29 is 27.0 Å². The van der Waals surface area contributed by atoms with E-state index in [9.17, 15) is 17.6 Å². The van der Waals surface area contributed by atoms with Gasteiger partial charge in [-0.3, -0.25) is 9.97 Å². The minimum Gasteiger partial charge on any atom is -0.497 e. The second kappa shape index (κ2) is 9.28.